The van der Waals surface area contributed by atoms with Crippen LogP contribution in [0, 0.1) is 0 Å². The normalized spacial score (nSPS) is 17.1. The maximum absolute atomic E-state index is 12.1. The second kappa shape index (κ2) is 3.73. The molecular weight excluding hydrogens is 224 g/mol. The van der Waals surface area contributed by atoms with Gasteiger partial charge in [-0.3, -0.25) is 4.79 Å². The predicted molar refractivity (Wildman–Crippen MR) is 71.6 cm³/mol. The van der Waals surface area contributed by atoms with Crippen LogP contribution in [0.5, 0.6) is 0 Å². The zero-order chi connectivity index (χ0) is 12.8. The van der Waals surface area contributed by atoms with Crippen LogP contribution in [0.15, 0.2) is 36.5 Å². The number of carbonyl (C=O) groups is 1. The maximum Gasteiger partial charge on any atom is 0.253 e. The Morgan fingerprint density at radius 1 is 1.17 bits per heavy atom. The summed E-state index contributed by atoms with van der Waals surface area (Å²) in [5.41, 5.74) is 3.83. The zero-order valence-corrected chi connectivity index (χ0v) is 10.6. The average Bonchev–Trinajstić information content (AvgIpc) is 2.82. The molecule has 18 heavy (non-hydrogen) atoms. The van der Waals surface area contributed by atoms with Gasteiger partial charge in [0.2, 0.25) is 0 Å². The number of hydrogen-bond acceptors (Lipinski definition) is 1. The number of benzene rings is 1. The molecule has 3 rings (SSSR count). The van der Waals surface area contributed by atoms with E-state index in [4.69, 9.17) is 0 Å². The lowest BCUT2D eigenvalue weighted by molar-refractivity contribution is 0.0930. The van der Waals surface area contributed by atoms with Crippen LogP contribution in [-0.4, -0.2) is 17.4 Å². The van der Waals surface area contributed by atoms with Gasteiger partial charge in [0.25, 0.3) is 5.91 Å². The number of aromatic nitrogens is 1. The number of aromatic amines is 1. The molecule has 2 aromatic rings. The lowest BCUT2D eigenvalue weighted by atomic mass is 9.82. The van der Waals surface area contributed by atoms with E-state index in [1.54, 1.807) is 0 Å². The van der Waals surface area contributed by atoms with Gasteiger partial charge in [0.1, 0.15) is 0 Å². The summed E-state index contributed by atoms with van der Waals surface area (Å²) in [6.07, 6.45) is 1.94. The third-order valence-corrected chi connectivity index (χ3v) is 3.56. The van der Waals surface area contributed by atoms with Crippen LogP contribution in [0.2, 0.25) is 0 Å². The Kier molecular flexibility index (Phi) is 2.30. The third-order valence-electron chi connectivity index (χ3n) is 3.56. The van der Waals surface area contributed by atoms with E-state index in [0.29, 0.717) is 6.54 Å². The van der Waals surface area contributed by atoms with Crippen molar-refractivity contribution in [1.29, 1.82) is 0 Å². The number of rotatable bonds is 1. The lowest BCUT2D eigenvalue weighted by Crippen LogP contribution is -2.43. The minimum atomic E-state index is -0.0454. The van der Waals surface area contributed by atoms with Gasteiger partial charge in [-0.05, 0) is 5.56 Å². The molecule has 1 aromatic heterocycles. The Bertz CT molecular complexity index is 596. The molecule has 3 heteroatoms. The molecule has 0 bridgehead atoms. The number of H-pyrrole nitrogens is 1. The van der Waals surface area contributed by atoms with Gasteiger partial charge in [0.15, 0.2) is 0 Å². The Morgan fingerprint density at radius 3 is 2.61 bits per heavy atom. The second-order valence-electron chi connectivity index (χ2n) is 5.38. The van der Waals surface area contributed by atoms with Crippen LogP contribution < -0.4 is 5.32 Å². The van der Waals surface area contributed by atoms with E-state index >= 15 is 0 Å². The quantitative estimate of drug-likeness (QED) is 0.791. The van der Waals surface area contributed by atoms with Gasteiger partial charge in [-0.25, -0.2) is 0 Å². The molecule has 3 nitrogen and oxygen atoms in total. The highest BCUT2D eigenvalue weighted by Crippen LogP contribution is 2.35. The van der Waals surface area contributed by atoms with Crippen LogP contribution >= 0.6 is 0 Å². The molecule has 1 aliphatic heterocycles. The van der Waals surface area contributed by atoms with E-state index in [1.165, 1.54) is 0 Å². The van der Waals surface area contributed by atoms with Crippen LogP contribution in [-0.2, 0) is 5.41 Å². The molecule has 0 aliphatic carbocycles. The smallest absolute Gasteiger partial charge is 0.253 e. The fourth-order valence-corrected chi connectivity index (χ4v) is 2.52. The summed E-state index contributed by atoms with van der Waals surface area (Å²) in [6, 6.07) is 10.0. The monoisotopic (exact) mass is 240 g/mol. The summed E-state index contributed by atoms with van der Waals surface area (Å²) in [5.74, 6) is 0.0180. The highest BCUT2D eigenvalue weighted by Gasteiger charge is 2.35. The summed E-state index contributed by atoms with van der Waals surface area (Å²) in [4.78, 5) is 15.4. The van der Waals surface area contributed by atoms with E-state index < -0.39 is 0 Å². The Balaban J connectivity index is 2.21. The van der Waals surface area contributed by atoms with Crippen LogP contribution in [0.1, 0.15) is 29.9 Å². The van der Waals surface area contributed by atoms with Gasteiger partial charge in [-0.2, -0.15) is 0 Å². The lowest BCUT2D eigenvalue weighted by Gasteiger charge is -2.30. The minimum Gasteiger partial charge on any atom is -0.363 e. The summed E-state index contributed by atoms with van der Waals surface area (Å²) in [7, 11) is 0. The van der Waals surface area contributed by atoms with E-state index in [-0.39, 0.29) is 11.3 Å². The van der Waals surface area contributed by atoms with Gasteiger partial charge in [0.05, 0.1) is 5.56 Å². The molecule has 0 unspecified atom stereocenters. The molecule has 92 valence electrons. The van der Waals surface area contributed by atoms with Crippen molar-refractivity contribution >= 4 is 5.91 Å². The van der Waals surface area contributed by atoms with E-state index in [0.717, 1.165) is 22.4 Å². The Morgan fingerprint density at radius 2 is 1.89 bits per heavy atom. The van der Waals surface area contributed by atoms with Gasteiger partial charge in [-0.15, -0.1) is 0 Å². The number of hydrogen-bond donors (Lipinski definition) is 2. The minimum absolute atomic E-state index is 0.0180. The SMILES string of the molecule is CC1(C)CNC(=O)c2c(-c3ccccc3)c[nH]c21. The summed E-state index contributed by atoms with van der Waals surface area (Å²) in [6.45, 7) is 4.95. The van der Waals surface area contributed by atoms with Crippen molar-refractivity contribution in [3.63, 3.8) is 0 Å². The van der Waals surface area contributed by atoms with Crippen molar-refractivity contribution in [3.8, 4) is 11.1 Å². The van der Waals surface area contributed by atoms with Gasteiger partial charge in [0, 0.05) is 29.4 Å². The molecule has 1 amide bonds. The van der Waals surface area contributed by atoms with Crippen molar-refractivity contribution < 1.29 is 4.79 Å². The fraction of sp³-hybridized carbons (Fsp3) is 0.267. The number of amides is 1. The van der Waals surface area contributed by atoms with E-state index in [9.17, 15) is 4.79 Å². The predicted octanol–water partition coefficient (Wildman–Crippen LogP) is 2.70. The first-order chi connectivity index (χ1) is 8.59. The summed E-state index contributed by atoms with van der Waals surface area (Å²) < 4.78 is 0. The molecule has 0 saturated heterocycles. The van der Waals surface area contributed by atoms with Crippen LogP contribution in [0.25, 0.3) is 11.1 Å². The molecule has 2 heterocycles. The molecular formula is C15H16N2O. The highest BCUT2D eigenvalue weighted by atomic mass is 16.1. The number of fused-ring (bicyclic) bond motifs is 1. The first kappa shape index (κ1) is 11.1. The summed E-state index contributed by atoms with van der Waals surface area (Å²) in [5, 5.41) is 2.97. The third kappa shape index (κ3) is 1.55. The van der Waals surface area contributed by atoms with Gasteiger partial charge in [-0.1, -0.05) is 44.2 Å². The van der Waals surface area contributed by atoms with Crippen molar-refractivity contribution in [2.75, 3.05) is 6.54 Å². The Labute approximate surface area is 106 Å². The molecule has 0 saturated carbocycles. The molecule has 0 fully saturated rings. The topological polar surface area (TPSA) is 44.9 Å². The standard InChI is InChI=1S/C15H16N2O/c1-15(2)9-17-14(18)12-11(8-16-13(12)15)10-6-4-3-5-7-10/h3-8,16H,9H2,1-2H3,(H,17,18). The van der Waals surface area contributed by atoms with Crippen molar-refractivity contribution in [3.05, 3.63) is 47.8 Å². The van der Waals surface area contributed by atoms with Crippen LogP contribution in [0.3, 0.4) is 0 Å². The van der Waals surface area contributed by atoms with Crippen LogP contribution in [0.4, 0.5) is 0 Å². The second-order valence-corrected chi connectivity index (χ2v) is 5.38. The number of nitrogens with one attached hydrogen (secondary N) is 2. The van der Waals surface area contributed by atoms with Crippen molar-refractivity contribution in [2.24, 2.45) is 0 Å². The highest BCUT2D eigenvalue weighted by molar-refractivity contribution is 6.03. The van der Waals surface area contributed by atoms with Crippen molar-refractivity contribution in [2.45, 2.75) is 19.3 Å². The molecule has 0 atom stereocenters. The molecule has 2 N–H and O–H groups in total. The van der Waals surface area contributed by atoms with E-state index in [1.807, 2.05) is 36.5 Å². The molecule has 0 radical (unpaired) electrons. The molecule has 1 aromatic carbocycles. The van der Waals surface area contributed by atoms with E-state index in [2.05, 4.69) is 24.1 Å². The zero-order valence-electron chi connectivity index (χ0n) is 10.6. The molecule has 1 aliphatic rings. The number of carbonyl (C=O) groups excluding carboxylic acids is 1. The maximum atomic E-state index is 12.1. The first-order valence-corrected chi connectivity index (χ1v) is 6.15. The average molecular weight is 240 g/mol. The van der Waals surface area contributed by atoms with Gasteiger partial charge < -0.3 is 10.3 Å². The first-order valence-electron chi connectivity index (χ1n) is 6.15. The van der Waals surface area contributed by atoms with Gasteiger partial charge >= 0.3 is 0 Å². The fourth-order valence-electron chi connectivity index (χ4n) is 2.52. The largest absolute Gasteiger partial charge is 0.363 e. The summed E-state index contributed by atoms with van der Waals surface area (Å²) >= 11 is 0. The van der Waals surface area contributed by atoms with Crippen molar-refractivity contribution in [1.82, 2.24) is 10.3 Å². The Hall–Kier alpha value is -2.03. The molecule has 0 spiro atoms.